The van der Waals surface area contributed by atoms with E-state index in [-0.39, 0.29) is 11.4 Å². The van der Waals surface area contributed by atoms with Crippen LogP contribution in [0.5, 0.6) is 0 Å². The van der Waals surface area contributed by atoms with Gasteiger partial charge >= 0.3 is 0 Å². The minimum atomic E-state index is -0.679. The van der Waals surface area contributed by atoms with E-state index in [1.165, 1.54) is 11.3 Å². The van der Waals surface area contributed by atoms with Crippen LogP contribution in [-0.2, 0) is 9.53 Å². The average Bonchev–Trinajstić information content (AvgIpc) is 3.23. The fourth-order valence-corrected chi connectivity index (χ4v) is 4.81. The van der Waals surface area contributed by atoms with Gasteiger partial charge in [-0.25, -0.2) is 4.98 Å². The fourth-order valence-electron chi connectivity index (χ4n) is 3.94. The molecule has 1 fully saturated rings. The molecule has 9 heteroatoms. The van der Waals surface area contributed by atoms with Gasteiger partial charge in [0.25, 0.3) is 5.91 Å². The molecule has 2 aromatic rings. The zero-order chi connectivity index (χ0) is 21.3. The lowest BCUT2D eigenvalue weighted by Gasteiger charge is -2.31. The first kappa shape index (κ1) is 20.6. The van der Waals surface area contributed by atoms with Crippen LogP contribution in [0.1, 0.15) is 32.0 Å². The van der Waals surface area contributed by atoms with Gasteiger partial charge in [0.15, 0.2) is 5.76 Å². The maximum absolute atomic E-state index is 13.4. The summed E-state index contributed by atoms with van der Waals surface area (Å²) in [5.74, 6) is -1.37. The number of amides is 1. The predicted octanol–water partition coefficient (Wildman–Crippen LogP) is 2.07. The number of hydrogen-bond donors (Lipinski definition) is 1. The van der Waals surface area contributed by atoms with Gasteiger partial charge in [-0.1, -0.05) is 6.07 Å². The molecule has 0 aliphatic carbocycles. The van der Waals surface area contributed by atoms with Gasteiger partial charge in [-0.2, -0.15) is 0 Å². The molecule has 2 aromatic heterocycles. The summed E-state index contributed by atoms with van der Waals surface area (Å²) in [6, 6.07) is 2.91. The Morgan fingerprint density at radius 3 is 2.70 bits per heavy atom. The summed E-state index contributed by atoms with van der Waals surface area (Å²) in [5.41, 5.74) is 1.40. The molecule has 2 aliphatic rings. The van der Waals surface area contributed by atoms with E-state index in [1.807, 2.05) is 13.0 Å². The molecule has 30 heavy (non-hydrogen) atoms. The molecule has 1 N–H and O–H groups in total. The van der Waals surface area contributed by atoms with Crippen molar-refractivity contribution < 1.29 is 19.4 Å². The molecule has 0 spiro atoms. The second-order valence-corrected chi connectivity index (χ2v) is 8.58. The van der Waals surface area contributed by atoms with Gasteiger partial charge in [-0.3, -0.25) is 19.5 Å². The van der Waals surface area contributed by atoms with E-state index < -0.39 is 17.7 Å². The van der Waals surface area contributed by atoms with Gasteiger partial charge in [0.1, 0.15) is 0 Å². The lowest BCUT2D eigenvalue weighted by molar-refractivity contribution is -0.129. The number of aryl methyl sites for hydroxylation is 2. The zero-order valence-electron chi connectivity index (χ0n) is 17.0. The van der Waals surface area contributed by atoms with E-state index in [9.17, 15) is 14.7 Å². The van der Waals surface area contributed by atoms with Crippen LogP contribution in [0.4, 0.5) is 0 Å². The number of hydrogen-bond acceptors (Lipinski definition) is 8. The summed E-state index contributed by atoms with van der Waals surface area (Å²) < 4.78 is 5.38. The standard InChI is InChI=1S/C21H24N4O4S/c1-13-20(30-14(2)23-13)18(26)16-17(15-4-3-5-22-12-15)25(21(28)19(16)27)7-6-24-8-10-29-11-9-24/h3-5,12,17,27H,6-11H2,1-2H3. The van der Waals surface area contributed by atoms with Gasteiger partial charge in [0.05, 0.1) is 40.4 Å². The Balaban J connectivity index is 1.67. The summed E-state index contributed by atoms with van der Waals surface area (Å²) >= 11 is 1.27. The summed E-state index contributed by atoms with van der Waals surface area (Å²) in [6.07, 6.45) is 3.27. The van der Waals surface area contributed by atoms with E-state index >= 15 is 0 Å². The van der Waals surface area contributed by atoms with Crippen molar-refractivity contribution in [2.45, 2.75) is 19.9 Å². The van der Waals surface area contributed by atoms with Crippen molar-refractivity contribution in [2.24, 2.45) is 0 Å². The number of aromatic nitrogens is 2. The third kappa shape index (κ3) is 3.88. The van der Waals surface area contributed by atoms with Crippen LogP contribution in [0, 0.1) is 13.8 Å². The smallest absolute Gasteiger partial charge is 0.290 e. The first-order valence-corrected chi connectivity index (χ1v) is 10.7. The normalized spacial score (nSPS) is 20.3. The number of aliphatic hydroxyl groups excluding tert-OH is 1. The molecule has 4 heterocycles. The minimum absolute atomic E-state index is 0.0988. The lowest BCUT2D eigenvalue weighted by Crippen LogP contribution is -2.43. The van der Waals surface area contributed by atoms with E-state index in [1.54, 1.807) is 30.3 Å². The van der Waals surface area contributed by atoms with Crippen LogP contribution < -0.4 is 0 Å². The van der Waals surface area contributed by atoms with E-state index in [0.29, 0.717) is 42.4 Å². The van der Waals surface area contributed by atoms with Gasteiger partial charge in [0, 0.05) is 38.6 Å². The largest absolute Gasteiger partial charge is 0.503 e. The summed E-state index contributed by atoms with van der Waals surface area (Å²) in [5, 5.41) is 11.5. The van der Waals surface area contributed by atoms with Crippen molar-refractivity contribution in [1.82, 2.24) is 19.8 Å². The third-order valence-corrected chi connectivity index (χ3v) is 6.49. The molecule has 8 nitrogen and oxygen atoms in total. The highest BCUT2D eigenvalue weighted by atomic mass is 32.1. The number of ketones is 1. The molecular formula is C21H24N4O4S. The number of Topliss-reactive ketones (excluding diaryl/α,β-unsaturated/α-hetero) is 1. The second kappa shape index (κ2) is 8.63. The summed E-state index contributed by atoms with van der Waals surface area (Å²) in [6.45, 7) is 7.54. The number of aliphatic hydroxyl groups is 1. The summed E-state index contributed by atoms with van der Waals surface area (Å²) in [7, 11) is 0. The van der Waals surface area contributed by atoms with Crippen molar-refractivity contribution >= 4 is 23.0 Å². The second-order valence-electron chi connectivity index (χ2n) is 7.38. The highest BCUT2D eigenvalue weighted by Crippen LogP contribution is 2.39. The number of rotatable bonds is 6. The van der Waals surface area contributed by atoms with Crippen molar-refractivity contribution in [3.63, 3.8) is 0 Å². The Bertz CT molecular complexity index is 982. The Morgan fingerprint density at radius 2 is 2.07 bits per heavy atom. The first-order chi connectivity index (χ1) is 14.5. The molecule has 0 aromatic carbocycles. The van der Waals surface area contributed by atoms with Crippen LogP contribution in [0.25, 0.3) is 0 Å². The number of carbonyl (C=O) groups excluding carboxylic acids is 2. The number of pyridine rings is 1. The number of ether oxygens (including phenoxy) is 1. The van der Waals surface area contributed by atoms with Crippen molar-refractivity contribution in [3.8, 4) is 0 Å². The number of thiazole rings is 1. The highest BCUT2D eigenvalue weighted by molar-refractivity contribution is 7.14. The molecule has 1 amide bonds. The molecular weight excluding hydrogens is 404 g/mol. The van der Waals surface area contributed by atoms with Gasteiger partial charge in [-0.05, 0) is 25.5 Å². The maximum atomic E-state index is 13.4. The lowest BCUT2D eigenvalue weighted by atomic mass is 9.96. The molecule has 0 saturated carbocycles. The van der Waals surface area contributed by atoms with E-state index in [4.69, 9.17) is 4.74 Å². The predicted molar refractivity (Wildman–Crippen MR) is 112 cm³/mol. The molecule has 2 aliphatic heterocycles. The number of carbonyl (C=O) groups is 2. The highest BCUT2D eigenvalue weighted by Gasteiger charge is 2.44. The maximum Gasteiger partial charge on any atom is 0.290 e. The molecule has 0 bridgehead atoms. The number of nitrogens with zero attached hydrogens (tertiary/aromatic N) is 4. The van der Waals surface area contributed by atoms with Crippen LogP contribution in [0.3, 0.4) is 0 Å². The molecule has 1 saturated heterocycles. The van der Waals surface area contributed by atoms with Crippen molar-refractivity contribution in [1.29, 1.82) is 0 Å². The van der Waals surface area contributed by atoms with Crippen LogP contribution in [0.2, 0.25) is 0 Å². The van der Waals surface area contributed by atoms with Gasteiger partial charge in [-0.15, -0.1) is 11.3 Å². The fraction of sp³-hybridized carbons (Fsp3) is 0.429. The third-order valence-electron chi connectivity index (χ3n) is 5.42. The molecule has 0 radical (unpaired) electrons. The quantitative estimate of drug-likeness (QED) is 0.704. The first-order valence-electron chi connectivity index (χ1n) is 9.90. The van der Waals surface area contributed by atoms with Crippen molar-refractivity contribution in [2.75, 3.05) is 39.4 Å². The molecule has 1 unspecified atom stereocenters. The van der Waals surface area contributed by atoms with E-state index in [0.717, 1.165) is 18.1 Å². The Morgan fingerprint density at radius 1 is 1.30 bits per heavy atom. The Hall–Kier alpha value is -2.62. The van der Waals surface area contributed by atoms with Crippen LogP contribution >= 0.6 is 11.3 Å². The van der Waals surface area contributed by atoms with E-state index in [2.05, 4.69) is 14.9 Å². The molecule has 1 atom stereocenters. The topological polar surface area (TPSA) is 95.9 Å². The Kier molecular flexibility index (Phi) is 5.94. The van der Waals surface area contributed by atoms with Gasteiger partial charge < -0.3 is 14.7 Å². The Labute approximate surface area is 178 Å². The molecule has 158 valence electrons. The van der Waals surface area contributed by atoms with Crippen molar-refractivity contribution in [3.05, 3.63) is 57.0 Å². The minimum Gasteiger partial charge on any atom is -0.503 e. The zero-order valence-corrected chi connectivity index (χ0v) is 17.8. The van der Waals surface area contributed by atoms with Gasteiger partial charge in [0.2, 0.25) is 5.78 Å². The SMILES string of the molecule is Cc1nc(C)c(C(=O)C2=C(O)C(=O)N(CCN3CCOCC3)C2c2cccnc2)s1. The number of morpholine rings is 1. The monoisotopic (exact) mass is 428 g/mol. The summed E-state index contributed by atoms with van der Waals surface area (Å²) in [4.78, 5) is 39.1. The average molecular weight is 429 g/mol. The van der Waals surface area contributed by atoms with Crippen LogP contribution in [-0.4, -0.2) is 76.0 Å². The molecule has 4 rings (SSSR count). The van der Waals surface area contributed by atoms with Crippen LogP contribution in [0.15, 0.2) is 35.9 Å².